The van der Waals surface area contributed by atoms with E-state index in [1.807, 2.05) is 11.8 Å². The first-order chi connectivity index (χ1) is 9.15. The number of amides is 1. The monoisotopic (exact) mass is 262 g/mol. The molecule has 2 aliphatic heterocycles. The third kappa shape index (κ3) is 2.37. The van der Waals surface area contributed by atoms with Gasteiger partial charge in [0.15, 0.2) is 0 Å². The molecule has 4 heteroatoms. The van der Waals surface area contributed by atoms with Crippen LogP contribution in [0.3, 0.4) is 0 Å². The quantitative estimate of drug-likeness (QED) is 0.837. The maximum atomic E-state index is 13.9. The Kier molecular flexibility index (Phi) is 3.27. The van der Waals surface area contributed by atoms with Crippen LogP contribution >= 0.6 is 0 Å². The summed E-state index contributed by atoms with van der Waals surface area (Å²) >= 11 is 0. The summed E-state index contributed by atoms with van der Waals surface area (Å²) in [5.41, 5.74) is 1.04. The Morgan fingerprint density at radius 1 is 1.37 bits per heavy atom. The molecule has 2 saturated heterocycles. The van der Waals surface area contributed by atoms with Crippen LogP contribution in [0.4, 0.5) is 4.39 Å². The Balaban J connectivity index is 1.76. The molecule has 0 aromatic heterocycles. The Hall–Kier alpha value is -1.42. The number of fused-ring (bicyclic) bond motifs is 1. The van der Waals surface area contributed by atoms with E-state index in [-0.39, 0.29) is 11.5 Å². The van der Waals surface area contributed by atoms with Crippen LogP contribution in [0.1, 0.15) is 22.3 Å². The van der Waals surface area contributed by atoms with Gasteiger partial charge in [-0.1, -0.05) is 6.07 Å². The van der Waals surface area contributed by atoms with Gasteiger partial charge in [0.1, 0.15) is 5.82 Å². The third-order valence-electron chi connectivity index (χ3n) is 4.35. The van der Waals surface area contributed by atoms with Crippen LogP contribution in [-0.2, 0) is 0 Å². The van der Waals surface area contributed by atoms with Crippen LogP contribution in [-0.4, -0.2) is 37.0 Å². The first-order valence-corrected chi connectivity index (χ1v) is 6.91. The third-order valence-corrected chi connectivity index (χ3v) is 4.35. The fourth-order valence-corrected chi connectivity index (χ4v) is 3.18. The van der Waals surface area contributed by atoms with E-state index >= 15 is 0 Å². The number of likely N-dealkylation sites (tertiary alicyclic amines) is 1. The number of piperidine rings is 1. The predicted molar refractivity (Wildman–Crippen MR) is 71.5 cm³/mol. The lowest BCUT2D eigenvalue weighted by Gasteiger charge is -2.34. The average molecular weight is 262 g/mol. The Labute approximate surface area is 112 Å². The average Bonchev–Trinajstić information content (AvgIpc) is 2.85. The summed E-state index contributed by atoms with van der Waals surface area (Å²) < 4.78 is 13.9. The summed E-state index contributed by atoms with van der Waals surface area (Å²) in [7, 11) is 0. The molecule has 2 aliphatic rings. The van der Waals surface area contributed by atoms with Gasteiger partial charge in [-0.05, 0) is 56.0 Å². The van der Waals surface area contributed by atoms with Crippen LogP contribution < -0.4 is 5.32 Å². The topological polar surface area (TPSA) is 32.3 Å². The van der Waals surface area contributed by atoms with E-state index in [1.165, 1.54) is 6.07 Å². The number of benzene rings is 1. The molecule has 2 unspecified atom stereocenters. The SMILES string of the molecule is Cc1ccc(C(=O)N2CCC3CNCC3C2)c(F)c1. The van der Waals surface area contributed by atoms with Crippen molar-refractivity contribution in [2.24, 2.45) is 11.8 Å². The number of carbonyl (C=O) groups excluding carboxylic acids is 1. The normalized spacial score (nSPS) is 26.3. The highest BCUT2D eigenvalue weighted by molar-refractivity contribution is 5.94. The molecule has 0 bridgehead atoms. The molecule has 0 aliphatic carbocycles. The minimum Gasteiger partial charge on any atom is -0.338 e. The van der Waals surface area contributed by atoms with Gasteiger partial charge in [-0.15, -0.1) is 0 Å². The van der Waals surface area contributed by atoms with Crippen LogP contribution in [0.15, 0.2) is 18.2 Å². The number of carbonyl (C=O) groups is 1. The van der Waals surface area contributed by atoms with Gasteiger partial charge >= 0.3 is 0 Å². The zero-order chi connectivity index (χ0) is 13.4. The molecule has 0 saturated carbocycles. The second kappa shape index (κ2) is 4.93. The Morgan fingerprint density at radius 3 is 2.95 bits per heavy atom. The maximum absolute atomic E-state index is 13.9. The number of nitrogens with one attached hydrogen (secondary N) is 1. The lowest BCUT2D eigenvalue weighted by Crippen LogP contribution is -2.43. The molecule has 2 fully saturated rings. The van der Waals surface area contributed by atoms with Gasteiger partial charge in [-0.3, -0.25) is 4.79 Å². The molecule has 3 nitrogen and oxygen atoms in total. The van der Waals surface area contributed by atoms with Crippen molar-refractivity contribution in [3.63, 3.8) is 0 Å². The fraction of sp³-hybridized carbons (Fsp3) is 0.533. The smallest absolute Gasteiger partial charge is 0.256 e. The Bertz CT molecular complexity index is 503. The molecule has 2 heterocycles. The molecule has 0 spiro atoms. The molecule has 3 rings (SSSR count). The summed E-state index contributed by atoms with van der Waals surface area (Å²) in [4.78, 5) is 14.2. The van der Waals surface area contributed by atoms with E-state index in [9.17, 15) is 9.18 Å². The van der Waals surface area contributed by atoms with E-state index in [4.69, 9.17) is 0 Å². The molecule has 1 aromatic carbocycles. The van der Waals surface area contributed by atoms with Crippen molar-refractivity contribution >= 4 is 5.91 Å². The Morgan fingerprint density at radius 2 is 2.16 bits per heavy atom. The summed E-state index contributed by atoms with van der Waals surface area (Å²) in [6.07, 6.45) is 1.02. The van der Waals surface area contributed by atoms with Gasteiger partial charge in [-0.25, -0.2) is 4.39 Å². The van der Waals surface area contributed by atoms with Gasteiger partial charge in [0.05, 0.1) is 5.56 Å². The highest BCUT2D eigenvalue weighted by Crippen LogP contribution is 2.27. The molecule has 1 aromatic rings. The summed E-state index contributed by atoms with van der Waals surface area (Å²) in [6.45, 7) is 5.36. The molecular formula is C15H19FN2O. The lowest BCUT2D eigenvalue weighted by molar-refractivity contribution is 0.0638. The second-order valence-corrected chi connectivity index (χ2v) is 5.70. The maximum Gasteiger partial charge on any atom is 0.256 e. The van der Waals surface area contributed by atoms with Crippen LogP contribution in [0.2, 0.25) is 0 Å². The van der Waals surface area contributed by atoms with Crippen molar-refractivity contribution in [1.82, 2.24) is 10.2 Å². The largest absolute Gasteiger partial charge is 0.338 e. The number of aryl methyl sites for hydroxylation is 1. The first-order valence-electron chi connectivity index (χ1n) is 6.91. The molecular weight excluding hydrogens is 243 g/mol. The van der Waals surface area contributed by atoms with Gasteiger partial charge in [0.25, 0.3) is 5.91 Å². The van der Waals surface area contributed by atoms with Gasteiger partial charge in [0, 0.05) is 13.1 Å². The van der Waals surface area contributed by atoms with E-state index in [0.717, 1.165) is 38.2 Å². The van der Waals surface area contributed by atoms with Crippen molar-refractivity contribution in [2.45, 2.75) is 13.3 Å². The molecule has 0 radical (unpaired) electrons. The fourth-order valence-electron chi connectivity index (χ4n) is 3.18. The van der Waals surface area contributed by atoms with E-state index in [2.05, 4.69) is 5.32 Å². The van der Waals surface area contributed by atoms with Crippen LogP contribution in [0.5, 0.6) is 0 Å². The minimum absolute atomic E-state index is 0.164. The zero-order valence-corrected chi connectivity index (χ0v) is 11.2. The summed E-state index contributed by atoms with van der Waals surface area (Å²) in [5.74, 6) is 0.651. The van der Waals surface area contributed by atoms with E-state index < -0.39 is 5.82 Å². The predicted octanol–water partition coefficient (Wildman–Crippen LogP) is 1.82. The second-order valence-electron chi connectivity index (χ2n) is 5.70. The standard InChI is InChI=1S/C15H19FN2O/c1-10-2-3-13(14(16)6-10)15(19)18-5-4-11-7-17-8-12(11)9-18/h2-3,6,11-12,17H,4-5,7-9H2,1H3. The van der Waals surface area contributed by atoms with Gasteiger partial charge in [-0.2, -0.15) is 0 Å². The molecule has 1 amide bonds. The molecule has 2 atom stereocenters. The highest BCUT2D eigenvalue weighted by Gasteiger charge is 2.35. The van der Waals surface area contributed by atoms with Crippen LogP contribution in [0.25, 0.3) is 0 Å². The van der Waals surface area contributed by atoms with Crippen molar-refractivity contribution < 1.29 is 9.18 Å². The minimum atomic E-state index is -0.406. The summed E-state index contributed by atoms with van der Waals surface area (Å²) in [5, 5.41) is 3.37. The molecule has 19 heavy (non-hydrogen) atoms. The molecule has 1 N–H and O–H groups in total. The lowest BCUT2D eigenvalue weighted by atomic mass is 9.88. The highest BCUT2D eigenvalue weighted by atomic mass is 19.1. The number of nitrogens with zero attached hydrogens (tertiary/aromatic N) is 1. The van der Waals surface area contributed by atoms with Crippen molar-refractivity contribution in [1.29, 1.82) is 0 Å². The van der Waals surface area contributed by atoms with Crippen LogP contribution in [0, 0.1) is 24.6 Å². The van der Waals surface area contributed by atoms with Crippen molar-refractivity contribution in [3.8, 4) is 0 Å². The first kappa shape index (κ1) is 12.6. The number of hydrogen-bond donors (Lipinski definition) is 1. The van der Waals surface area contributed by atoms with E-state index in [0.29, 0.717) is 11.8 Å². The number of rotatable bonds is 1. The van der Waals surface area contributed by atoms with Gasteiger partial charge < -0.3 is 10.2 Å². The zero-order valence-electron chi connectivity index (χ0n) is 11.2. The molecule has 102 valence electrons. The van der Waals surface area contributed by atoms with Crippen molar-refractivity contribution in [2.75, 3.05) is 26.2 Å². The van der Waals surface area contributed by atoms with Crippen molar-refractivity contribution in [3.05, 3.63) is 35.1 Å². The summed E-state index contributed by atoms with van der Waals surface area (Å²) in [6, 6.07) is 4.82. The number of halogens is 1. The van der Waals surface area contributed by atoms with E-state index in [1.54, 1.807) is 12.1 Å². The number of hydrogen-bond acceptors (Lipinski definition) is 2. The van der Waals surface area contributed by atoms with Gasteiger partial charge in [0.2, 0.25) is 0 Å².